The number of thiazole rings is 1. The molecule has 2 aromatic heterocycles. The molecule has 0 saturated heterocycles. The van der Waals surface area contributed by atoms with Gasteiger partial charge in [-0.15, -0.1) is 11.3 Å². The molecule has 0 bridgehead atoms. The molecule has 0 aliphatic rings. The van der Waals surface area contributed by atoms with Crippen molar-refractivity contribution < 1.29 is 23.8 Å². The van der Waals surface area contributed by atoms with Crippen LogP contribution in [0, 0.1) is 0 Å². The lowest BCUT2D eigenvalue weighted by Crippen LogP contribution is -1.98. The van der Waals surface area contributed by atoms with E-state index in [9.17, 15) is 4.79 Å². The number of carboxylic acid groups (broad SMARTS) is 1. The van der Waals surface area contributed by atoms with Gasteiger partial charge in [0.05, 0.1) is 13.7 Å². The zero-order chi connectivity index (χ0) is 17.8. The molecular weight excluding hydrogens is 342 g/mol. The standard InChI is InChI=1S/C18H17NO5S/c1-3-8-23-16-9-11(4-5-14(16)22-2)17-19-12(10-25-17)13-6-7-15(24-13)18(20)21/h4-7,9-10H,3,8H2,1-2H3,(H,20,21). The molecule has 25 heavy (non-hydrogen) atoms. The lowest BCUT2D eigenvalue weighted by atomic mass is 10.2. The summed E-state index contributed by atoms with van der Waals surface area (Å²) in [5.41, 5.74) is 1.49. The molecular formula is C18H17NO5S. The normalized spacial score (nSPS) is 10.6. The fourth-order valence-corrected chi connectivity index (χ4v) is 3.05. The van der Waals surface area contributed by atoms with Crippen LogP contribution >= 0.6 is 11.3 Å². The highest BCUT2D eigenvalue weighted by atomic mass is 32.1. The van der Waals surface area contributed by atoms with Gasteiger partial charge in [-0.3, -0.25) is 0 Å². The van der Waals surface area contributed by atoms with Gasteiger partial charge in [-0.25, -0.2) is 9.78 Å². The van der Waals surface area contributed by atoms with E-state index in [0.717, 1.165) is 17.0 Å². The molecule has 0 spiro atoms. The third kappa shape index (κ3) is 3.66. The van der Waals surface area contributed by atoms with Crippen molar-refractivity contribution in [2.45, 2.75) is 13.3 Å². The molecule has 0 fully saturated rings. The average Bonchev–Trinajstić information content (AvgIpc) is 3.28. The predicted octanol–water partition coefficient (Wildman–Crippen LogP) is 4.57. The summed E-state index contributed by atoms with van der Waals surface area (Å²) < 4.78 is 16.3. The van der Waals surface area contributed by atoms with Crippen molar-refractivity contribution in [3.05, 3.63) is 41.5 Å². The Morgan fingerprint density at radius 1 is 1.28 bits per heavy atom. The number of aromatic carboxylic acids is 1. The first kappa shape index (κ1) is 17.0. The van der Waals surface area contributed by atoms with Gasteiger partial charge in [-0.2, -0.15) is 0 Å². The Morgan fingerprint density at radius 3 is 2.80 bits per heavy atom. The Bertz CT molecular complexity index is 883. The summed E-state index contributed by atoms with van der Waals surface area (Å²) in [4.78, 5) is 15.5. The topological polar surface area (TPSA) is 81.8 Å². The van der Waals surface area contributed by atoms with Gasteiger partial charge in [0.15, 0.2) is 17.3 Å². The smallest absolute Gasteiger partial charge is 0.371 e. The second-order valence-electron chi connectivity index (χ2n) is 5.22. The maximum Gasteiger partial charge on any atom is 0.371 e. The Hall–Kier alpha value is -2.80. The quantitative estimate of drug-likeness (QED) is 0.666. The number of aromatic nitrogens is 1. The lowest BCUT2D eigenvalue weighted by molar-refractivity contribution is 0.0663. The number of ether oxygens (including phenoxy) is 2. The number of methoxy groups -OCH3 is 1. The van der Waals surface area contributed by atoms with E-state index in [-0.39, 0.29) is 5.76 Å². The zero-order valence-corrected chi connectivity index (χ0v) is 14.6. The van der Waals surface area contributed by atoms with Crippen LogP contribution in [-0.2, 0) is 0 Å². The number of hydrogen-bond donors (Lipinski definition) is 1. The predicted molar refractivity (Wildman–Crippen MR) is 94.5 cm³/mol. The molecule has 130 valence electrons. The number of hydrogen-bond acceptors (Lipinski definition) is 6. The van der Waals surface area contributed by atoms with Gasteiger partial charge in [0.1, 0.15) is 10.7 Å². The van der Waals surface area contributed by atoms with Crippen LogP contribution in [0.25, 0.3) is 22.0 Å². The maximum atomic E-state index is 10.9. The van der Waals surface area contributed by atoms with Crippen molar-refractivity contribution in [2.24, 2.45) is 0 Å². The van der Waals surface area contributed by atoms with E-state index in [1.54, 1.807) is 13.2 Å². The van der Waals surface area contributed by atoms with E-state index in [1.165, 1.54) is 17.4 Å². The molecule has 6 nitrogen and oxygen atoms in total. The number of nitrogens with zero attached hydrogens (tertiary/aromatic N) is 1. The first-order chi connectivity index (χ1) is 12.1. The highest BCUT2D eigenvalue weighted by Crippen LogP contribution is 2.35. The van der Waals surface area contributed by atoms with Crippen molar-refractivity contribution in [1.82, 2.24) is 4.98 Å². The second kappa shape index (κ2) is 7.40. The number of carbonyl (C=O) groups is 1. The number of furan rings is 1. The Balaban J connectivity index is 1.89. The molecule has 7 heteroatoms. The van der Waals surface area contributed by atoms with E-state index in [1.807, 2.05) is 30.5 Å². The molecule has 0 radical (unpaired) electrons. The number of benzene rings is 1. The number of carboxylic acids is 1. The third-order valence-corrected chi connectivity index (χ3v) is 4.34. The Morgan fingerprint density at radius 2 is 2.12 bits per heavy atom. The van der Waals surface area contributed by atoms with Crippen molar-refractivity contribution in [3.63, 3.8) is 0 Å². The van der Waals surface area contributed by atoms with Gasteiger partial charge >= 0.3 is 5.97 Å². The molecule has 1 N–H and O–H groups in total. The molecule has 3 aromatic rings. The first-order valence-corrected chi connectivity index (χ1v) is 8.60. The minimum atomic E-state index is -1.10. The van der Waals surface area contributed by atoms with Crippen molar-refractivity contribution >= 4 is 17.3 Å². The molecule has 0 saturated carbocycles. The number of rotatable bonds is 7. The second-order valence-corrected chi connectivity index (χ2v) is 6.08. The van der Waals surface area contributed by atoms with Gasteiger partial charge in [-0.1, -0.05) is 6.92 Å². The van der Waals surface area contributed by atoms with Crippen LogP contribution in [0.4, 0.5) is 0 Å². The van der Waals surface area contributed by atoms with Crippen LogP contribution in [-0.4, -0.2) is 29.8 Å². The van der Waals surface area contributed by atoms with Crippen LogP contribution in [0.2, 0.25) is 0 Å². The van der Waals surface area contributed by atoms with Gasteiger partial charge in [0.2, 0.25) is 5.76 Å². The van der Waals surface area contributed by atoms with Crippen molar-refractivity contribution in [3.8, 4) is 33.5 Å². The zero-order valence-electron chi connectivity index (χ0n) is 13.8. The minimum Gasteiger partial charge on any atom is -0.493 e. The molecule has 0 aliphatic heterocycles. The highest BCUT2D eigenvalue weighted by molar-refractivity contribution is 7.13. The third-order valence-electron chi connectivity index (χ3n) is 3.45. The van der Waals surface area contributed by atoms with Crippen LogP contribution in [0.15, 0.2) is 40.1 Å². The van der Waals surface area contributed by atoms with Gasteiger partial charge in [-0.05, 0) is 36.8 Å². The van der Waals surface area contributed by atoms with E-state index in [0.29, 0.717) is 29.6 Å². The average molecular weight is 359 g/mol. The molecule has 0 atom stereocenters. The fourth-order valence-electron chi connectivity index (χ4n) is 2.24. The van der Waals surface area contributed by atoms with Crippen LogP contribution < -0.4 is 9.47 Å². The molecule has 0 unspecified atom stereocenters. The largest absolute Gasteiger partial charge is 0.493 e. The van der Waals surface area contributed by atoms with E-state index < -0.39 is 5.97 Å². The van der Waals surface area contributed by atoms with E-state index in [4.69, 9.17) is 19.0 Å². The molecule has 1 aromatic carbocycles. The molecule has 2 heterocycles. The highest BCUT2D eigenvalue weighted by Gasteiger charge is 2.15. The van der Waals surface area contributed by atoms with Gasteiger partial charge in [0.25, 0.3) is 0 Å². The summed E-state index contributed by atoms with van der Waals surface area (Å²) in [6, 6.07) is 8.66. The van der Waals surface area contributed by atoms with Gasteiger partial charge < -0.3 is 19.0 Å². The fraction of sp³-hybridized carbons (Fsp3) is 0.222. The van der Waals surface area contributed by atoms with E-state index >= 15 is 0 Å². The summed E-state index contributed by atoms with van der Waals surface area (Å²) in [6.07, 6.45) is 0.902. The van der Waals surface area contributed by atoms with Crippen LogP contribution in [0.1, 0.15) is 23.9 Å². The minimum absolute atomic E-state index is 0.107. The summed E-state index contributed by atoms with van der Waals surface area (Å²) in [6.45, 7) is 2.64. The molecule has 3 rings (SSSR count). The molecule has 0 amide bonds. The van der Waals surface area contributed by atoms with E-state index in [2.05, 4.69) is 4.98 Å². The SMILES string of the molecule is CCCOc1cc(-c2nc(-c3ccc(C(=O)O)o3)cs2)ccc1OC. The Kier molecular flexibility index (Phi) is 5.04. The summed E-state index contributed by atoms with van der Waals surface area (Å²) in [7, 11) is 1.60. The summed E-state index contributed by atoms with van der Waals surface area (Å²) in [5, 5.41) is 11.6. The first-order valence-electron chi connectivity index (χ1n) is 7.72. The molecule has 0 aliphatic carbocycles. The lowest BCUT2D eigenvalue weighted by Gasteiger charge is -2.10. The monoisotopic (exact) mass is 359 g/mol. The van der Waals surface area contributed by atoms with Crippen LogP contribution in [0.3, 0.4) is 0 Å². The van der Waals surface area contributed by atoms with Crippen molar-refractivity contribution in [1.29, 1.82) is 0 Å². The van der Waals surface area contributed by atoms with Crippen molar-refractivity contribution in [2.75, 3.05) is 13.7 Å². The summed E-state index contributed by atoms with van der Waals surface area (Å²) >= 11 is 1.45. The maximum absolute atomic E-state index is 10.9. The Labute approximate surface area is 148 Å². The summed E-state index contributed by atoms with van der Waals surface area (Å²) in [5.74, 6) is 0.561. The van der Waals surface area contributed by atoms with Gasteiger partial charge in [0, 0.05) is 10.9 Å². The van der Waals surface area contributed by atoms with Crippen LogP contribution in [0.5, 0.6) is 11.5 Å².